The number of methoxy groups -OCH3 is 1. The number of benzene rings is 1. The molecule has 1 N–H and O–H groups in total. The lowest BCUT2D eigenvalue weighted by atomic mass is 9.64. The van der Waals surface area contributed by atoms with Crippen LogP contribution in [-0.4, -0.2) is 28.1 Å². The average Bonchev–Trinajstić information content (AvgIpc) is 2.59. The molecule has 4 nitrogen and oxygen atoms in total. The highest BCUT2D eigenvalue weighted by Gasteiger charge is 2.57. The van der Waals surface area contributed by atoms with Crippen molar-refractivity contribution in [3.8, 4) is 11.5 Å². The third-order valence-corrected chi connectivity index (χ3v) is 6.82. The minimum atomic E-state index is -1.12. The highest BCUT2D eigenvalue weighted by Crippen LogP contribution is 2.55. The Balaban J connectivity index is 2.27. The number of fused-ring (bicyclic) bond motifs is 1. The van der Waals surface area contributed by atoms with Crippen LogP contribution >= 0.6 is 31.9 Å². The van der Waals surface area contributed by atoms with Crippen LogP contribution < -0.4 is 4.74 Å². The fraction of sp³-hybridized carbons (Fsp3) is 0.263. The minimum Gasteiger partial charge on any atom is -0.508 e. The SMILES string of the molecule is C=CC1=CC[C@H]2C(=O)C(Br)=CC(=O)[C@@]2(Br)[C@H]1c1ccc(O)cc1OC. The van der Waals surface area contributed by atoms with Crippen molar-refractivity contribution in [2.24, 2.45) is 5.92 Å². The molecule has 6 heteroatoms. The van der Waals surface area contributed by atoms with Crippen LogP contribution in [0.15, 0.2) is 53.1 Å². The number of alkyl halides is 1. The molecule has 2 aliphatic carbocycles. The summed E-state index contributed by atoms with van der Waals surface area (Å²) in [4.78, 5) is 25.6. The van der Waals surface area contributed by atoms with Crippen molar-refractivity contribution in [2.45, 2.75) is 16.7 Å². The lowest BCUT2D eigenvalue weighted by Crippen LogP contribution is -2.52. The maximum Gasteiger partial charge on any atom is 0.175 e. The normalized spacial score (nSPS) is 28.8. The average molecular weight is 468 g/mol. The van der Waals surface area contributed by atoms with Crippen LogP contribution in [-0.2, 0) is 9.59 Å². The van der Waals surface area contributed by atoms with Gasteiger partial charge < -0.3 is 9.84 Å². The summed E-state index contributed by atoms with van der Waals surface area (Å²) in [6, 6.07) is 4.75. The summed E-state index contributed by atoms with van der Waals surface area (Å²) in [6.45, 7) is 3.86. The van der Waals surface area contributed by atoms with Gasteiger partial charge in [0.15, 0.2) is 11.6 Å². The van der Waals surface area contributed by atoms with E-state index in [9.17, 15) is 14.7 Å². The maximum atomic E-state index is 13.0. The van der Waals surface area contributed by atoms with E-state index in [2.05, 4.69) is 38.4 Å². The van der Waals surface area contributed by atoms with Gasteiger partial charge in [0.2, 0.25) is 0 Å². The van der Waals surface area contributed by atoms with Gasteiger partial charge in [-0.05, 0) is 34.0 Å². The molecule has 0 saturated heterocycles. The number of hydrogen-bond donors (Lipinski definition) is 1. The van der Waals surface area contributed by atoms with Crippen molar-refractivity contribution < 1.29 is 19.4 Å². The molecule has 0 bridgehead atoms. The molecule has 1 aromatic rings. The minimum absolute atomic E-state index is 0.0643. The summed E-state index contributed by atoms with van der Waals surface area (Å²) in [7, 11) is 1.50. The van der Waals surface area contributed by atoms with Crippen molar-refractivity contribution in [1.29, 1.82) is 0 Å². The molecule has 3 atom stereocenters. The number of phenols is 1. The molecular weight excluding hydrogens is 452 g/mol. The zero-order valence-electron chi connectivity index (χ0n) is 13.5. The maximum absolute atomic E-state index is 13.0. The third-order valence-electron chi connectivity index (χ3n) is 4.80. The van der Waals surface area contributed by atoms with Gasteiger partial charge >= 0.3 is 0 Å². The first-order valence-electron chi connectivity index (χ1n) is 7.68. The molecule has 0 aromatic heterocycles. The Kier molecular flexibility index (Phi) is 4.77. The predicted molar refractivity (Wildman–Crippen MR) is 102 cm³/mol. The highest BCUT2D eigenvalue weighted by atomic mass is 79.9. The molecule has 0 unspecified atom stereocenters. The van der Waals surface area contributed by atoms with E-state index in [0.29, 0.717) is 22.2 Å². The molecule has 3 rings (SSSR count). The number of allylic oxidation sites excluding steroid dienone is 5. The summed E-state index contributed by atoms with van der Waals surface area (Å²) in [5.41, 5.74) is 1.55. The van der Waals surface area contributed by atoms with Crippen molar-refractivity contribution in [3.63, 3.8) is 0 Å². The molecule has 0 spiro atoms. The van der Waals surface area contributed by atoms with Gasteiger partial charge in [-0.15, -0.1) is 0 Å². The van der Waals surface area contributed by atoms with E-state index < -0.39 is 16.2 Å². The highest BCUT2D eigenvalue weighted by molar-refractivity contribution is 9.12. The largest absolute Gasteiger partial charge is 0.508 e. The smallest absolute Gasteiger partial charge is 0.175 e. The van der Waals surface area contributed by atoms with E-state index in [1.165, 1.54) is 19.3 Å². The van der Waals surface area contributed by atoms with Crippen LogP contribution in [0.5, 0.6) is 11.5 Å². The van der Waals surface area contributed by atoms with Crippen LogP contribution in [0.3, 0.4) is 0 Å². The molecule has 0 radical (unpaired) electrons. The van der Waals surface area contributed by atoms with E-state index in [-0.39, 0.29) is 17.3 Å². The van der Waals surface area contributed by atoms with Gasteiger partial charge in [0.1, 0.15) is 15.8 Å². The van der Waals surface area contributed by atoms with E-state index in [1.54, 1.807) is 18.2 Å². The van der Waals surface area contributed by atoms with Gasteiger partial charge in [0.05, 0.1) is 17.5 Å². The van der Waals surface area contributed by atoms with Crippen LogP contribution in [0.1, 0.15) is 17.9 Å². The standard InChI is InChI=1S/C19H16Br2O4/c1-3-10-4-7-13-18(24)14(20)9-16(23)19(13,21)17(10)12-6-5-11(22)8-15(12)25-2/h3-6,8-9,13,17,22H,1,7H2,2H3/t13-,17+,19+/m0/s1. The van der Waals surface area contributed by atoms with Gasteiger partial charge in [-0.3, -0.25) is 9.59 Å². The second kappa shape index (κ2) is 6.57. The predicted octanol–water partition coefficient (Wildman–Crippen LogP) is 4.18. The Hall–Kier alpha value is -1.66. The molecule has 1 aromatic carbocycles. The fourth-order valence-corrected chi connectivity index (χ4v) is 5.11. The Morgan fingerprint density at radius 3 is 2.76 bits per heavy atom. The lowest BCUT2D eigenvalue weighted by molar-refractivity contribution is -0.127. The number of ketones is 2. The molecule has 2 aliphatic rings. The summed E-state index contributed by atoms with van der Waals surface area (Å²) < 4.78 is 4.59. The Labute approximate surface area is 162 Å². The summed E-state index contributed by atoms with van der Waals surface area (Å²) >= 11 is 6.83. The van der Waals surface area contributed by atoms with Crippen molar-refractivity contribution in [2.75, 3.05) is 7.11 Å². The first-order valence-corrected chi connectivity index (χ1v) is 9.27. The van der Waals surface area contributed by atoms with Gasteiger partial charge in [-0.25, -0.2) is 0 Å². The van der Waals surface area contributed by atoms with Gasteiger partial charge in [0.25, 0.3) is 0 Å². The summed E-state index contributed by atoms with van der Waals surface area (Å²) in [5.74, 6) is -0.783. The number of carbonyl (C=O) groups excluding carboxylic acids is 2. The number of ether oxygens (including phenoxy) is 1. The van der Waals surface area contributed by atoms with Gasteiger partial charge in [-0.2, -0.15) is 0 Å². The second-order valence-corrected chi connectivity index (χ2v) is 8.21. The number of hydrogen-bond acceptors (Lipinski definition) is 4. The monoisotopic (exact) mass is 466 g/mol. The van der Waals surface area contributed by atoms with E-state index in [4.69, 9.17) is 4.74 Å². The van der Waals surface area contributed by atoms with Crippen molar-refractivity contribution >= 4 is 43.4 Å². The van der Waals surface area contributed by atoms with Crippen LogP contribution in [0, 0.1) is 5.92 Å². The number of aromatic hydroxyl groups is 1. The first-order chi connectivity index (χ1) is 11.8. The molecule has 130 valence electrons. The zero-order valence-corrected chi connectivity index (χ0v) is 16.6. The topological polar surface area (TPSA) is 63.6 Å². The Bertz CT molecular complexity index is 840. The van der Waals surface area contributed by atoms with Crippen LogP contribution in [0.2, 0.25) is 0 Å². The van der Waals surface area contributed by atoms with Crippen LogP contribution in [0.4, 0.5) is 0 Å². The second-order valence-electron chi connectivity index (χ2n) is 6.04. The Morgan fingerprint density at radius 2 is 2.12 bits per heavy atom. The van der Waals surface area contributed by atoms with E-state index >= 15 is 0 Å². The fourth-order valence-electron chi connectivity index (χ4n) is 3.61. The van der Waals surface area contributed by atoms with Crippen molar-refractivity contribution in [1.82, 2.24) is 0 Å². The van der Waals surface area contributed by atoms with E-state index in [1.807, 2.05) is 6.08 Å². The van der Waals surface area contributed by atoms with Gasteiger partial charge in [-0.1, -0.05) is 40.7 Å². The number of phenolic OH excluding ortho intramolecular Hbond substituents is 1. The van der Waals surface area contributed by atoms with E-state index in [0.717, 1.165) is 5.57 Å². The number of Topliss-reactive ketones (excluding diaryl/α,β-unsaturated/α-hetero) is 1. The van der Waals surface area contributed by atoms with Gasteiger partial charge in [0, 0.05) is 23.6 Å². The molecule has 25 heavy (non-hydrogen) atoms. The number of carbonyl (C=O) groups is 2. The summed E-state index contributed by atoms with van der Waals surface area (Å²) in [5, 5.41) is 9.75. The molecule has 0 fully saturated rings. The van der Waals surface area contributed by atoms with Crippen LogP contribution in [0.25, 0.3) is 0 Å². The zero-order chi connectivity index (χ0) is 18.4. The number of rotatable bonds is 3. The summed E-state index contributed by atoms with van der Waals surface area (Å²) in [6.07, 6.45) is 5.41. The molecule has 0 heterocycles. The Morgan fingerprint density at radius 1 is 1.40 bits per heavy atom. The number of halogens is 2. The molecule has 0 aliphatic heterocycles. The molecular formula is C19H16Br2O4. The third kappa shape index (κ3) is 2.72. The lowest BCUT2D eigenvalue weighted by Gasteiger charge is -2.45. The quantitative estimate of drug-likeness (QED) is 0.677. The molecule has 0 saturated carbocycles. The molecule has 0 amide bonds. The van der Waals surface area contributed by atoms with Crippen molar-refractivity contribution in [3.05, 3.63) is 58.6 Å². The first kappa shape index (κ1) is 18.1.